The third-order valence-corrected chi connectivity index (χ3v) is 4.35. The monoisotopic (exact) mass is 324 g/mol. The van der Waals surface area contributed by atoms with Gasteiger partial charge in [-0.05, 0) is 51.0 Å². The summed E-state index contributed by atoms with van der Waals surface area (Å²) in [4.78, 5) is 25.4. The van der Waals surface area contributed by atoms with E-state index >= 15 is 0 Å². The van der Waals surface area contributed by atoms with Crippen molar-refractivity contribution in [3.05, 3.63) is 29.3 Å². The van der Waals surface area contributed by atoms with Crippen LogP contribution in [0.2, 0.25) is 0 Å². The largest absolute Gasteiger partial charge is 0.342 e. The lowest BCUT2D eigenvalue weighted by molar-refractivity contribution is -0.128. The van der Waals surface area contributed by atoms with E-state index in [1.54, 1.807) is 4.90 Å². The van der Waals surface area contributed by atoms with Crippen LogP contribution in [0.25, 0.3) is 0 Å². The molecule has 0 fully saturated rings. The van der Waals surface area contributed by atoms with Crippen LogP contribution in [0.5, 0.6) is 0 Å². The van der Waals surface area contributed by atoms with Gasteiger partial charge in [0.15, 0.2) is 0 Å². The van der Waals surface area contributed by atoms with Crippen LogP contribution in [0, 0.1) is 13.8 Å². The standard InChI is InChI=1S/C16H24N2O3S/c1-5-18(6-2)16(20)11-22(21)10-15(19)17-14-8-12(3)7-13(4)9-14/h7-9H,5-6,10-11H2,1-4H3,(H,17,19)/t22-/m1/s1. The predicted octanol–water partition coefficient (Wildman–Crippen LogP) is 1.86. The minimum absolute atomic E-state index is 0.109. The van der Waals surface area contributed by atoms with Crippen LogP contribution in [0.3, 0.4) is 0 Å². The maximum absolute atomic E-state index is 11.9. The quantitative estimate of drug-likeness (QED) is 0.832. The summed E-state index contributed by atoms with van der Waals surface area (Å²) in [6.45, 7) is 8.81. The SMILES string of the molecule is CCN(CC)C(=O)C[S@](=O)CC(=O)Nc1cc(C)cc(C)c1. The number of carbonyl (C=O) groups excluding carboxylic acids is 2. The summed E-state index contributed by atoms with van der Waals surface area (Å²) in [5, 5.41) is 2.73. The van der Waals surface area contributed by atoms with Gasteiger partial charge in [0.05, 0.1) is 0 Å². The summed E-state index contributed by atoms with van der Waals surface area (Å²) in [6.07, 6.45) is 0. The minimum atomic E-state index is -1.49. The molecule has 0 aromatic heterocycles. The van der Waals surface area contributed by atoms with Crippen molar-refractivity contribution in [1.29, 1.82) is 0 Å². The van der Waals surface area contributed by atoms with E-state index in [1.807, 2.05) is 45.9 Å². The fourth-order valence-electron chi connectivity index (χ4n) is 2.25. The van der Waals surface area contributed by atoms with Crippen LogP contribution in [-0.4, -0.2) is 45.5 Å². The highest BCUT2D eigenvalue weighted by Gasteiger charge is 2.16. The summed E-state index contributed by atoms with van der Waals surface area (Å²) >= 11 is 0. The Bertz CT molecular complexity index is 548. The van der Waals surface area contributed by atoms with Crippen LogP contribution in [0.15, 0.2) is 18.2 Å². The number of rotatable bonds is 7. The molecule has 5 nitrogen and oxygen atoms in total. The second-order valence-corrected chi connectivity index (χ2v) is 6.68. The van der Waals surface area contributed by atoms with Gasteiger partial charge in [0.2, 0.25) is 11.8 Å². The van der Waals surface area contributed by atoms with E-state index in [2.05, 4.69) is 5.32 Å². The Hall–Kier alpha value is -1.69. The van der Waals surface area contributed by atoms with Crippen molar-refractivity contribution in [2.24, 2.45) is 0 Å². The molecule has 0 aliphatic rings. The van der Waals surface area contributed by atoms with Crippen molar-refractivity contribution in [2.45, 2.75) is 27.7 Å². The van der Waals surface area contributed by atoms with Crippen molar-refractivity contribution >= 4 is 28.3 Å². The third-order valence-electron chi connectivity index (χ3n) is 3.20. The third kappa shape index (κ3) is 5.97. The lowest BCUT2D eigenvalue weighted by Gasteiger charge is -2.18. The van der Waals surface area contributed by atoms with Crippen molar-refractivity contribution in [3.63, 3.8) is 0 Å². The van der Waals surface area contributed by atoms with E-state index in [9.17, 15) is 13.8 Å². The Labute approximate surface area is 134 Å². The molecule has 0 saturated carbocycles. The number of anilines is 1. The zero-order valence-corrected chi connectivity index (χ0v) is 14.5. The molecule has 6 heteroatoms. The summed E-state index contributed by atoms with van der Waals surface area (Å²) in [7, 11) is -1.49. The van der Waals surface area contributed by atoms with Crippen LogP contribution in [-0.2, 0) is 20.4 Å². The Kier molecular flexibility index (Phi) is 7.24. The highest BCUT2D eigenvalue weighted by atomic mass is 32.2. The molecule has 122 valence electrons. The van der Waals surface area contributed by atoms with Gasteiger partial charge in [-0.2, -0.15) is 0 Å². The number of hydrogen-bond donors (Lipinski definition) is 1. The number of amides is 2. The van der Waals surface area contributed by atoms with Gasteiger partial charge < -0.3 is 10.2 Å². The molecule has 1 atom stereocenters. The lowest BCUT2D eigenvalue weighted by Crippen LogP contribution is -2.35. The molecule has 1 aromatic rings. The predicted molar refractivity (Wildman–Crippen MR) is 90.4 cm³/mol. The van der Waals surface area contributed by atoms with E-state index in [0.717, 1.165) is 11.1 Å². The van der Waals surface area contributed by atoms with Gasteiger partial charge in [-0.25, -0.2) is 0 Å². The zero-order valence-electron chi connectivity index (χ0n) is 13.6. The molecule has 0 aliphatic heterocycles. The van der Waals surface area contributed by atoms with E-state index in [-0.39, 0.29) is 23.3 Å². The molecule has 1 N–H and O–H groups in total. The summed E-state index contributed by atoms with van der Waals surface area (Å²) in [6, 6.07) is 5.72. The fraction of sp³-hybridized carbons (Fsp3) is 0.500. The van der Waals surface area contributed by atoms with E-state index in [0.29, 0.717) is 18.8 Å². The Morgan fingerprint density at radius 2 is 1.59 bits per heavy atom. The fourth-order valence-corrected chi connectivity index (χ4v) is 3.17. The molecule has 0 aliphatic carbocycles. The highest BCUT2D eigenvalue weighted by Crippen LogP contribution is 2.13. The normalized spacial score (nSPS) is 11.8. The van der Waals surface area contributed by atoms with Crippen molar-refractivity contribution < 1.29 is 13.8 Å². The zero-order chi connectivity index (χ0) is 16.7. The Balaban J connectivity index is 2.54. The lowest BCUT2D eigenvalue weighted by atomic mass is 10.1. The van der Waals surface area contributed by atoms with Crippen LogP contribution >= 0.6 is 0 Å². The maximum atomic E-state index is 11.9. The smallest absolute Gasteiger partial charge is 0.237 e. The number of nitrogens with zero attached hydrogens (tertiary/aromatic N) is 1. The molecule has 0 radical (unpaired) electrons. The summed E-state index contributed by atoms with van der Waals surface area (Å²) in [5.41, 5.74) is 2.79. The van der Waals surface area contributed by atoms with Gasteiger partial charge in [0, 0.05) is 29.6 Å². The Morgan fingerprint density at radius 3 is 2.09 bits per heavy atom. The molecular weight excluding hydrogens is 300 g/mol. The molecule has 1 rings (SSSR count). The molecular formula is C16H24N2O3S. The van der Waals surface area contributed by atoms with E-state index < -0.39 is 10.8 Å². The number of carbonyl (C=O) groups is 2. The van der Waals surface area contributed by atoms with Gasteiger partial charge in [-0.15, -0.1) is 0 Å². The topological polar surface area (TPSA) is 66.5 Å². The van der Waals surface area contributed by atoms with Gasteiger partial charge in [-0.1, -0.05) is 6.07 Å². The van der Waals surface area contributed by atoms with Crippen LogP contribution in [0.4, 0.5) is 5.69 Å². The highest BCUT2D eigenvalue weighted by molar-refractivity contribution is 7.86. The first kappa shape index (κ1) is 18.4. The first-order valence-corrected chi connectivity index (χ1v) is 8.85. The summed E-state index contributed by atoms with van der Waals surface area (Å²) < 4.78 is 11.9. The maximum Gasteiger partial charge on any atom is 0.237 e. The van der Waals surface area contributed by atoms with Crippen molar-refractivity contribution in [1.82, 2.24) is 4.90 Å². The van der Waals surface area contributed by atoms with Crippen LogP contribution < -0.4 is 5.32 Å². The molecule has 2 amide bonds. The second kappa shape index (κ2) is 8.68. The van der Waals surface area contributed by atoms with Gasteiger partial charge >= 0.3 is 0 Å². The Morgan fingerprint density at radius 1 is 1.05 bits per heavy atom. The first-order chi connectivity index (χ1) is 10.3. The average molecular weight is 324 g/mol. The van der Waals surface area contributed by atoms with Gasteiger partial charge in [-0.3, -0.25) is 13.8 Å². The first-order valence-electron chi connectivity index (χ1n) is 7.36. The number of aryl methyl sites for hydroxylation is 2. The van der Waals surface area contributed by atoms with Crippen molar-refractivity contribution in [2.75, 3.05) is 29.9 Å². The minimum Gasteiger partial charge on any atom is -0.342 e. The molecule has 0 bridgehead atoms. The van der Waals surface area contributed by atoms with E-state index in [1.165, 1.54) is 0 Å². The number of benzene rings is 1. The molecule has 0 unspecified atom stereocenters. The number of nitrogens with one attached hydrogen (secondary N) is 1. The van der Waals surface area contributed by atoms with Crippen LogP contribution in [0.1, 0.15) is 25.0 Å². The summed E-state index contributed by atoms with van der Waals surface area (Å²) in [5.74, 6) is -0.791. The average Bonchev–Trinajstić information content (AvgIpc) is 2.37. The number of hydrogen-bond acceptors (Lipinski definition) is 3. The van der Waals surface area contributed by atoms with Gasteiger partial charge in [0.25, 0.3) is 0 Å². The van der Waals surface area contributed by atoms with E-state index in [4.69, 9.17) is 0 Å². The second-order valence-electron chi connectivity index (χ2n) is 5.22. The molecule has 0 saturated heterocycles. The molecule has 22 heavy (non-hydrogen) atoms. The van der Waals surface area contributed by atoms with Crippen molar-refractivity contribution in [3.8, 4) is 0 Å². The molecule has 1 aromatic carbocycles. The molecule has 0 heterocycles. The van der Waals surface area contributed by atoms with Gasteiger partial charge in [0.1, 0.15) is 11.5 Å². The molecule has 0 spiro atoms.